The number of rotatable bonds is 19. The van der Waals surface area contributed by atoms with Gasteiger partial charge in [0.1, 0.15) is 36.0 Å². The summed E-state index contributed by atoms with van der Waals surface area (Å²) < 4.78 is 42.8. The molecule has 0 aliphatic carbocycles. The lowest BCUT2D eigenvalue weighted by Crippen LogP contribution is -2.52. The van der Waals surface area contributed by atoms with Gasteiger partial charge in [-0.2, -0.15) is 0 Å². The van der Waals surface area contributed by atoms with E-state index in [2.05, 4.69) is 15.2 Å². The van der Waals surface area contributed by atoms with E-state index in [0.29, 0.717) is 42.2 Å². The minimum atomic E-state index is -3.51. The number of aliphatic hydroxyl groups is 1. The maximum absolute atomic E-state index is 12.1. The molecule has 300 valence electrons. The molecule has 1 saturated heterocycles. The Morgan fingerprint density at radius 3 is 2.34 bits per heavy atom. The lowest BCUT2D eigenvalue weighted by atomic mass is 9.93. The standard InChI is InChI=1S/C41H48ClN3O10S/c1-26-30(8-5-9-33(26)34-10-6-11-36(27(34)2)53-15-7-13-45-14-12-29(22-45)39(47)48)24-55-38-18-37(54-23-28-16-32(21-43-19-28)56(4,51)52)31(17-35(38)42)20-44-41(3,25-46)40(49)50/h5-6,8-11,16-19,21,29,44,46H,7,12-15,20,22-25H2,1-4H3,(H,47,48)(H,49,50)/t29-,41-/m1/s1. The summed E-state index contributed by atoms with van der Waals surface area (Å²) in [7, 11) is -3.51. The Labute approximate surface area is 332 Å². The molecule has 1 aliphatic rings. The molecule has 0 amide bonds. The van der Waals surface area contributed by atoms with E-state index in [0.717, 1.165) is 59.3 Å². The van der Waals surface area contributed by atoms with Crippen LogP contribution in [0.15, 0.2) is 71.9 Å². The van der Waals surface area contributed by atoms with Gasteiger partial charge in [0.25, 0.3) is 0 Å². The zero-order chi connectivity index (χ0) is 40.6. The molecule has 56 heavy (non-hydrogen) atoms. The summed E-state index contributed by atoms with van der Waals surface area (Å²) in [4.78, 5) is 29.4. The summed E-state index contributed by atoms with van der Waals surface area (Å²) >= 11 is 6.72. The topological polar surface area (TPSA) is 185 Å². The van der Waals surface area contributed by atoms with E-state index in [-0.39, 0.29) is 35.6 Å². The molecular formula is C41H48ClN3O10S. The average Bonchev–Trinajstić information content (AvgIpc) is 3.65. The van der Waals surface area contributed by atoms with Crippen molar-refractivity contribution in [3.63, 3.8) is 0 Å². The molecule has 4 N–H and O–H groups in total. The highest BCUT2D eigenvalue weighted by Crippen LogP contribution is 2.36. The van der Waals surface area contributed by atoms with E-state index in [9.17, 15) is 33.3 Å². The van der Waals surface area contributed by atoms with Gasteiger partial charge in [0.15, 0.2) is 9.84 Å². The molecule has 3 aromatic carbocycles. The van der Waals surface area contributed by atoms with Crippen LogP contribution in [0.1, 0.15) is 47.6 Å². The number of hydrogen-bond donors (Lipinski definition) is 4. The number of sulfone groups is 1. The SMILES string of the molecule is Cc1c(COc2cc(OCc3cncc(S(C)(=O)=O)c3)c(CN[C@](C)(CO)C(=O)O)cc2Cl)cccc1-c1cccc(OCCCN2CC[C@@H](C(=O)O)C2)c1C. The number of ether oxygens (including phenoxy) is 3. The zero-order valence-corrected chi connectivity index (χ0v) is 33.5. The Balaban J connectivity index is 1.31. The van der Waals surface area contributed by atoms with Gasteiger partial charge in [-0.1, -0.05) is 41.9 Å². The van der Waals surface area contributed by atoms with E-state index < -0.39 is 33.9 Å². The van der Waals surface area contributed by atoms with Gasteiger partial charge in [0, 0.05) is 55.5 Å². The minimum Gasteiger partial charge on any atom is -0.493 e. The maximum atomic E-state index is 12.1. The molecule has 0 saturated carbocycles. The third-order valence-electron chi connectivity index (χ3n) is 10.1. The number of pyridine rings is 1. The Morgan fingerprint density at radius 1 is 0.946 bits per heavy atom. The van der Waals surface area contributed by atoms with Crippen molar-refractivity contribution in [1.29, 1.82) is 0 Å². The van der Waals surface area contributed by atoms with Crippen molar-refractivity contribution in [2.45, 2.75) is 63.8 Å². The molecule has 2 heterocycles. The van der Waals surface area contributed by atoms with Gasteiger partial charge in [-0.15, -0.1) is 0 Å². The number of hydrogen-bond acceptors (Lipinski definition) is 11. The Bertz CT molecular complexity index is 2170. The van der Waals surface area contributed by atoms with E-state index in [1.807, 2.05) is 50.2 Å². The largest absolute Gasteiger partial charge is 0.493 e. The number of halogens is 1. The van der Waals surface area contributed by atoms with E-state index in [4.69, 9.17) is 25.8 Å². The zero-order valence-electron chi connectivity index (χ0n) is 31.9. The molecule has 0 unspecified atom stereocenters. The number of carbonyl (C=O) groups is 2. The van der Waals surface area contributed by atoms with Crippen LogP contribution < -0.4 is 19.5 Å². The van der Waals surface area contributed by atoms with Crippen LogP contribution in [0.2, 0.25) is 5.02 Å². The summed E-state index contributed by atoms with van der Waals surface area (Å²) in [5, 5.41) is 31.8. The highest BCUT2D eigenvalue weighted by atomic mass is 35.5. The van der Waals surface area contributed by atoms with Gasteiger partial charge >= 0.3 is 11.9 Å². The molecule has 15 heteroatoms. The normalized spacial score (nSPS) is 15.6. The van der Waals surface area contributed by atoms with Crippen LogP contribution in [0.5, 0.6) is 17.2 Å². The number of carboxylic acid groups (broad SMARTS) is 2. The van der Waals surface area contributed by atoms with Crippen LogP contribution in [-0.4, -0.2) is 90.2 Å². The van der Waals surface area contributed by atoms with Crippen molar-refractivity contribution in [2.75, 3.05) is 39.1 Å². The average molecular weight is 810 g/mol. The van der Waals surface area contributed by atoms with Crippen molar-refractivity contribution in [1.82, 2.24) is 15.2 Å². The molecule has 5 rings (SSSR count). The van der Waals surface area contributed by atoms with Gasteiger partial charge in [-0.05, 0) is 86.2 Å². The quantitative estimate of drug-likeness (QED) is 0.0850. The third kappa shape index (κ3) is 10.6. The monoisotopic (exact) mass is 809 g/mol. The Hall–Kier alpha value is -4.73. The number of nitrogens with zero attached hydrogens (tertiary/aromatic N) is 2. The molecule has 0 radical (unpaired) electrons. The Morgan fingerprint density at radius 2 is 1.66 bits per heavy atom. The van der Waals surface area contributed by atoms with Crippen molar-refractivity contribution in [3.8, 4) is 28.4 Å². The Kier molecular flexibility index (Phi) is 14.0. The predicted molar refractivity (Wildman–Crippen MR) is 211 cm³/mol. The maximum Gasteiger partial charge on any atom is 0.326 e. The smallest absolute Gasteiger partial charge is 0.326 e. The molecule has 0 spiro atoms. The number of aliphatic carboxylic acids is 2. The van der Waals surface area contributed by atoms with Crippen molar-refractivity contribution < 1.29 is 47.5 Å². The van der Waals surface area contributed by atoms with Crippen molar-refractivity contribution in [3.05, 3.63) is 99.8 Å². The van der Waals surface area contributed by atoms with Gasteiger partial charge in [-0.25, -0.2) is 8.42 Å². The first-order valence-electron chi connectivity index (χ1n) is 18.2. The number of likely N-dealkylation sites (tertiary alicyclic amines) is 1. The first-order chi connectivity index (χ1) is 26.6. The van der Waals surface area contributed by atoms with Crippen LogP contribution in [0.4, 0.5) is 0 Å². The second-order valence-electron chi connectivity index (χ2n) is 14.3. The number of carboxylic acids is 2. The second-order valence-corrected chi connectivity index (χ2v) is 16.7. The first-order valence-corrected chi connectivity index (χ1v) is 20.4. The number of aliphatic hydroxyl groups excluding tert-OH is 1. The summed E-state index contributed by atoms with van der Waals surface area (Å²) in [5.74, 6) is -0.881. The second kappa shape index (κ2) is 18.5. The highest BCUT2D eigenvalue weighted by Gasteiger charge is 2.32. The molecule has 1 aliphatic heterocycles. The third-order valence-corrected chi connectivity index (χ3v) is 11.4. The van der Waals surface area contributed by atoms with Gasteiger partial charge in [-0.3, -0.25) is 19.9 Å². The summed E-state index contributed by atoms with van der Waals surface area (Å²) in [5.41, 5.74) is 4.26. The molecule has 4 aromatic rings. The fraction of sp³-hybridized carbons (Fsp3) is 0.390. The van der Waals surface area contributed by atoms with Crippen LogP contribution in [0.3, 0.4) is 0 Å². The number of nitrogens with one attached hydrogen (secondary N) is 1. The predicted octanol–water partition coefficient (Wildman–Crippen LogP) is 5.68. The van der Waals surface area contributed by atoms with Gasteiger partial charge in [0.05, 0.1) is 29.0 Å². The molecule has 0 bridgehead atoms. The lowest BCUT2D eigenvalue weighted by molar-refractivity contribution is -0.146. The fourth-order valence-electron chi connectivity index (χ4n) is 6.41. The summed E-state index contributed by atoms with van der Waals surface area (Å²) in [6.07, 6.45) is 5.30. The van der Waals surface area contributed by atoms with E-state index >= 15 is 0 Å². The highest BCUT2D eigenvalue weighted by molar-refractivity contribution is 7.90. The van der Waals surface area contributed by atoms with E-state index in [1.54, 1.807) is 12.1 Å². The van der Waals surface area contributed by atoms with Gasteiger partial charge < -0.3 is 34.4 Å². The van der Waals surface area contributed by atoms with Crippen LogP contribution in [-0.2, 0) is 39.2 Å². The molecule has 1 fully saturated rings. The summed E-state index contributed by atoms with van der Waals surface area (Å²) in [6, 6.07) is 16.6. The molecule has 13 nitrogen and oxygen atoms in total. The van der Waals surface area contributed by atoms with Gasteiger partial charge in [0.2, 0.25) is 0 Å². The fourth-order valence-corrected chi connectivity index (χ4v) is 7.27. The van der Waals surface area contributed by atoms with Crippen LogP contribution in [0.25, 0.3) is 11.1 Å². The van der Waals surface area contributed by atoms with Crippen LogP contribution in [0, 0.1) is 19.8 Å². The molecule has 1 aromatic heterocycles. The number of aromatic nitrogens is 1. The summed E-state index contributed by atoms with van der Waals surface area (Å²) in [6.45, 7) is 7.46. The number of benzene rings is 3. The lowest BCUT2D eigenvalue weighted by Gasteiger charge is -2.25. The molecular weight excluding hydrogens is 762 g/mol. The van der Waals surface area contributed by atoms with Crippen molar-refractivity contribution in [2.24, 2.45) is 5.92 Å². The minimum absolute atomic E-state index is 0.0325. The van der Waals surface area contributed by atoms with Crippen molar-refractivity contribution >= 4 is 33.4 Å². The van der Waals surface area contributed by atoms with E-state index in [1.165, 1.54) is 25.4 Å². The first kappa shape index (κ1) is 42.4. The van der Waals surface area contributed by atoms with Crippen LogP contribution >= 0.6 is 11.6 Å². The molecule has 2 atom stereocenters.